The van der Waals surface area contributed by atoms with Crippen molar-refractivity contribution >= 4 is 18.3 Å². The Kier molecular flexibility index (Phi) is 6.82. The number of hydrogen-bond acceptors (Lipinski definition) is 3. The van der Waals surface area contributed by atoms with Crippen LogP contribution in [0.5, 0.6) is 5.75 Å². The molecule has 0 saturated carbocycles. The van der Waals surface area contributed by atoms with Crippen LogP contribution in [0.15, 0.2) is 24.3 Å². The van der Waals surface area contributed by atoms with E-state index in [1.165, 1.54) is 0 Å². The number of nitrogens with zero attached hydrogens (tertiary/aromatic N) is 1. The molecule has 1 aromatic rings. The lowest BCUT2D eigenvalue weighted by Crippen LogP contribution is -2.42. The van der Waals surface area contributed by atoms with Gasteiger partial charge in [-0.05, 0) is 30.9 Å². The Balaban J connectivity index is 0.00000200. The van der Waals surface area contributed by atoms with Gasteiger partial charge < -0.3 is 15.4 Å². The summed E-state index contributed by atoms with van der Waals surface area (Å²) in [5.74, 6) is 1.08. The summed E-state index contributed by atoms with van der Waals surface area (Å²) in [5, 5.41) is 0. The van der Waals surface area contributed by atoms with Gasteiger partial charge in [0.2, 0.25) is 5.91 Å². The van der Waals surface area contributed by atoms with Gasteiger partial charge in [-0.25, -0.2) is 0 Å². The summed E-state index contributed by atoms with van der Waals surface area (Å²) in [4.78, 5) is 14.1. The number of hydrogen-bond donors (Lipinski definition) is 1. The number of nitrogens with two attached hydrogens (primary N) is 1. The third kappa shape index (κ3) is 4.39. The fourth-order valence-electron chi connectivity index (χ4n) is 2.46. The maximum absolute atomic E-state index is 12.1. The van der Waals surface area contributed by atoms with Crippen LogP contribution in [0.2, 0.25) is 0 Å². The minimum Gasteiger partial charge on any atom is -0.496 e. The first-order valence-electron chi connectivity index (χ1n) is 6.86. The van der Waals surface area contributed by atoms with Gasteiger partial charge in [-0.2, -0.15) is 0 Å². The Hall–Kier alpha value is -1.26. The molecule has 0 atom stereocenters. The highest BCUT2D eigenvalue weighted by Crippen LogP contribution is 2.19. The molecule has 1 aliphatic heterocycles. The van der Waals surface area contributed by atoms with Gasteiger partial charge in [-0.15, -0.1) is 12.4 Å². The lowest BCUT2D eigenvalue weighted by atomic mass is 10.0. The van der Waals surface area contributed by atoms with Crippen molar-refractivity contribution in [1.82, 2.24) is 4.90 Å². The van der Waals surface area contributed by atoms with Gasteiger partial charge in [0.15, 0.2) is 0 Å². The molecule has 2 N–H and O–H groups in total. The van der Waals surface area contributed by atoms with Crippen LogP contribution in [0.4, 0.5) is 0 Å². The number of benzene rings is 1. The average Bonchev–Trinajstić information content (AvgIpc) is 2.45. The van der Waals surface area contributed by atoms with E-state index in [-0.39, 0.29) is 24.4 Å². The molecule has 0 aromatic heterocycles. The maximum atomic E-state index is 12.1. The molecule has 1 heterocycles. The Labute approximate surface area is 126 Å². The van der Waals surface area contributed by atoms with Gasteiger partial charge in [0.25, 0.3) is 0 Å². The average molecular weight is 299 g/mol. The van der Waals surface area contributed by atoms with Crippen molar-refractivity contribution in [2.24, 2.45) is 5.73 Å². The second-order valence-electron chi connectivity index (χ2n) is 5.03. The summed E-state index contributed by atoms with van der Waals surface area (Å²) in [6.45, 7) is 1.60. The predicted octanol–water partition coefficient (Wildman–Crippen LogP) is 2.00. The summed E-state index contributed by atoms with van der Waals surface area (Å²) in [6.07, 6.45) is 3.10. The van der Waals surface area contributed by atoms with Crippen molar-refractivity contribution < 1.29 is 9.53 Å². The number of halogens is 1. The molecule has 0 radical (unpaired) electrons. The minimum atomic E-state index is 0. The van der Waals surface area contributed by atoms with Crippen LogP contribution in [0.1, 0.15) is 24.8 Å². The fraction of sp³-hybridized carbons (Fsp3) is 0.533. The molecular weight excluding hydrogens is 276 g/mol. The zero-order valence-electron chi connectivity index (χ0n) is 11.9. The molecular formula is C15H23ClN2O2. The SMILES string of the molecule is COc1ccccc1CCC(=O)N1CCC(N)CC1.Cl. The lowest BCUT2D eigenvalue weighted by molar-refractivity contribution is -0.132. The largest absolute Gasteiger partial charge is 0.496 e. The van der Waals surface area contributed by atoms with Gasteiger partial charge in [-0.1, -0.05) is 18.2 Å². The maximum Gasteiger partial charge on any atom is 0.222 e. The number of likely N-dealkylation sites (tertiary alicyclic amines) is 1. The van der Waals surface area contributed by atoms with E-state index in [0.29, 0.717) is 6.42 Å². The summed E-state index contributed by atoms with van der Waals surface area (Å²) >= 11 is 0. The van der Waals surface area contributed by atoms with Crippen molar-refractivity contribution in [3.05, 3.63) is 29.8 Å². The number of amides is 1. The van der Waals surface area contributed by atoms with Crippen molar-refractivity contribution in [3.8, 4) is 5.75 Å². The normalized spacial score (nSPS) is 15.6. The summed E-state index contributed by atoms with van der Waals surface area (Å²) in [6, 6.07) is 8.12. The van der Waals surface area contributed by atoms with Crippen molar-refractivity contribution in [2.45, 2.75) is 31.7 Å². The second kappa shape index (κ2) is 8.12. The van der Waals surface area contributed by atoms with Crippen LogP contribution < -0.4 is 10.5 Å². The number of rotatable bonds is 4. The number of aryl methyl sites for hydroxylation is 1. The Morgan fingerprint density at radius 2 is 2.00 bits per heavy atom. The molecule has 1 saturated heterocycles. The molecule has 1 amide bonds. The molecule has 0 bridgehead atoms. The van der Waals surface area contributed by atoms with Crippen molar-refractivity contribution in [3.63, 3.8) is 0 Å². The predicted molar refractivity (Wildman–Crippen MR) is 82.4 cm³/mol. The molecule has 1 fully saturated rings. The molecule has 112 valence electrons. The number of carbonyl (C=O) groups is 1. The highest BCUT2D eigenvalue weighted by molar-refractivity contribution is 5.85. The Morgan fingerprint density at radius 3 is 2.65 bits per heavy atom. The first kappa shape index (κ1) is 16.8. The number of ether oxygens (including phenoxy) is 1. The quantitative estimate of drug-likeness (QED) is 0.925. The van der Waals surface area contributed by atoms with E-state index in [1.807, 2.05) is 29.2 Å². The third-order valence-electron chi connectivity index (χ3n) is 3.69. The van der Waals surface area contributed by atoms with Crippen LogP contribution in [0.3, 0.4) is 0 Å². The number of piperidine rings is 1. The van der Waals surface area contributed by atoms with E-state index < -0.39 is 0 Å². The molecule has 20 heavy (non-hydrogen) atoms. The molecule has 0 spiro atoms. The number of methoxy groups -OCH3 is 1. The lowest BCUT2D eigenvalue weighted by Gasteiger charge is -2.30. The third-order valence-corrected chi connectivity index (χ3v) is 3.69. The van der Waals surface area contributed by atoms with Crippen LogP contribution >= 0.6 is 12.4 Å². The standard InChI is InChI=1S/C15H22N2O2.ClH/c1-19-14-5-3-2-4-12(14)6-7-15(18)17-10-8-13(16)9-11-17;/h2-5,13H,6-11,16H2,1H3;1H. The van der Waals surface area contributed by atoms with Gasteiger partial charge in [0.05, 0.1) is 7.11 Å². The Bertz CT molecular complexity index is 432. The molecule has 4 nitrogen and oxygen atoms in total. The first-order valence-corrected chi connectivity index (χ1v) is 6.86. The van der Waals surface area contributed by atoms with Crippen molar-refractivity contribution in [1.29, 1.82) is 0 Å². The zero-order valence-corrected chi connectivity index (χ0v) is 12.7. The zero-order chi connectivity index (χ0) is 13.7. The monoisotopic (exact) mass is 298 g/mol. The van der Waals surface area contributed by atoms with Gasteiger partial charge >= 0.3 is 0 Å². The summed E-state index contributed by atoms with van der Waals surface area (Å²) in [5.41, 5.74) is 6.94. The highest BCUT2D eigenvalue weighted by Gasteiger charge is 2.20. The molecule has 2 rings (SSSR count). The summed E-state index contributed by atoms with van der Waals surface area (Å²) < 4.78 is 5.30. The van der Waals surface area contributed by atoms with E-state index in [9.17, 15) is 4.79 Å². The molecule has 1 aliphatic rings. The van der Waals surface area contributed by atoms with E-state index in [0.717, 1.165) is 43.7 Å². The van der Waals surface area contributed by atoms with E-state index in [4.69, 9.17) is 10.5 Å². The second-order valence-corrected chi connectivity index (χ2v) is 5.03. The van der Waals surface area contributed by atoms with Crippen LogP contribution in [0.25, 0.3) is 0 Å². The van der Waals surface area contributed by atoms with Crippen LogP contribution in [-0.2, 0) is 11.2 Å². The fourth-order valence-corrected chi connectivity index (χ4v) is 2.46. The number of carbonyl (C=O) groups excluding carboxylic acids is 1. The Morgan fingerprint density at radius 1 is 1.35 bits per heavy atom. The van der Waals surface area contributed by atoms with E-state index in [2.05, 4.69) is 0 Å². The van der Waals surface area contributed by atoms with Gasteiger partial charge in [-0.3, -0.25) is 4.79 Å². The molecule has 0 unspecified atom stereocenters. The highest BCUT2D eigenvalue weighted by atomic mass is 35.5. The first-order chi connectivity index (χ1) is 9.20. The summed E-state index contributed by atoms with van der Waals surface area (Å²) in [7, 11) is 1.66. The topological polar surface area (TPSA) is 55.6 Å². The van der Waals surface area contributed by atoms with Crippen LogP contribution in [-0.4, -0.2) is 37.0 Å². The molecule has 1 aromatic carbocycles. The molecule has 5 heteroatoms. The van der Waals surface area contributed by atoms with Gasteiger partial charge in [0, 0.05) is 25.6 Å². The van der Waals surface area contributed by atoms with Gasteiger partial charge in [0.1, 0.15) is 5.75 Å². The van der Waals surface area contributed by atoms with Crippen LogP contribution in [0, 0.1) is 0 Å². The van der Waals surface area contributed by atoms with E-state index >= 15 is 0 Å². The molecule has 0 aliphatic carbocycles. The van der Waals surface area contributed by atoms with E-state index in [1.54, 1.807) is 7.11 Å². The van der Waals surface area contributed by atoms with Crippen molar-refractivity contribution in [2.75, 3.05) is 20.2 Å². The number of para-hydroxylation sites is 1. The minimum absolute atomic E-state index is 0. The smallest absolute Gasteiger partial charge is 0.222 e.